The van der Waals surface area contributed by atoms with Crippen LogP contribution >= 0.6 is 15.9 Å². The van der Waals surface area contributed by atoms with Gasteiger partial charge in [-0.15, -0.1) is 0 Å². The van der Waals surface area contributed by atoms with Crippen LogP contribution in [-0.2, 0) is 4.79 Å². The Balaban J connectivity index is 3.07. The van der Waals surface area contributed by atoms with Gasteiger partial charge < -0.3 is 10.2 Å². The summed E-state index contributed by atoms with van der Waals surface area (Å²) in [6.07, 6.45) is 1.00. The molecule has 0 heterocycles. The Hall–Kier alpha value is -1.13. The Bertz CT molecular complexity index is 371. The third kappa shape index (κ3) is 2.97. The van der Waals surface area contributed by atoms with Crippen LogP contribution < -0.4 is 0 Å². The normalized spacial score (nSPS) is 11.4. The topological polar surface area (TPSA) is 57.5 Å². The highest BCUT2D eigenvalue weighted by atomic mass is 79.9. The summed E-state index contributed by atoms with van der Waals surface area (Å²) >= 11 is 3.27. The van der Waals surface area contributed by atoms with Crippen molar-refractivity contribution in [3.63, 3.8) is 0 Å². The number of benzene rings is 1. The second-order valence-corrected chi connectivity index (χ2v) is 3.59. The smallest absolute Gasteiger partial charge is 0.328 e. The molecular formula is C10H9BrO3. The number of carboxylic acid groups (broad SMARTS) is 1. The van der Waals surface area contributed by atoms with Crippen molar-refractivity contribution in [2.24, 2.45) is 0 Å². The van der Waals surface area contributed by atoms with Gasteiger partial charge in [0.05, 0.1) is 6.61 Å². The first-order valence-electron chi connectivity index (χ1n) is 3.94. The highest BCUT2D eigenvalue weighted by molar-refractivity contribution is 9.10. The molecule has 0 saturated heterocycles. The van der Waals surface area contributed by atoms with E-state index in [-0.39, 0.29) is 6.61 Å². The lowest BCUT2D eigenvalue weighted by Gasteiger charge is -2.03. The number of carboxylic acids is 1. The van der Waals surface area contributed by atoms with Crippen molar-refractivity contribution in [1.82, 2.24) is 0 Å². The van der Waals surface area contributed by atoms with Gasteiger partial charge in [-0.3, -0.25) is 0 Å². The predicted molar refractivity (Wildman–Crippen MR) is 56.8 cm³/mol. The molecule has 0 bridgehead atoms. The van der Waals surface area contributed by atoms with E-state index in [2.05, 4.69) is 15.9 Å². The van der Waals surface area contributed by atoms with E-state index in [9.17, 15) is 4.79 Å². The van der Waals surface area contributed by atoms with Gasteiger partial charge in [0, 0.05) is 10.5 Å². The molecule has 0 amide bonds. The Morgan fingerprint density at radius 2 is 2.21 bits per heavy atom. The maximum atomic E-state index is 10.4. The first-order chi connectivity index (χ1) is 6.63. The number of carbonyl (C=O) groups is 1. The van der Waals surface area contributed by atoms with Crippen molar-refractivity contribution in [2.45, 2.75) is 0 Å². The molecule has 3 nitrogen and oxygen atoms in total. The van der Waals surface area contributed by atoms with E-state index in [0.717, 1.165) is 10.5 Å². The Kier molecular flexibility index (Phi) is 3.85. The zero-order valence-electron chi connectivity index (χ0n) is 7.27. The lowest BCUT2D eigenvalue weighted by atomic mass is 10.1. The number of hydrogen-bond acceptors (Lipinski definition) is 2. The molecule has 0 atom stereocenters. The molecule has 0 fully saturated rings. The highest BCUT2D eigenvalue weighted by Gasteiger charge is 2.02. The summed E-state index contributed by atoms with van der Waals surface area (Å²) in [7, 11) is 0. The van der Waals surface area contributed by atoms with Crippen LogP contribution in [0.2, 0.25) is 0 Å². The fourth-order valence-corrected chi connectivity index (χ4v) is 1.46. The zero-order chi connectivity index (χ0) is 10.6. The van der Waals surface area contributed by atoms with Gasteiger partial charge in [0.15, 0.2) is 0 Å². The fraction of sp³-hybridized carbons (Fsp3) is 0.100. The largest absolute Gasteiger partial charge is 0.478 e. The number of hydrogen-bond donors (Lipinski definition) is 2. The summed E-state index contributed by atoms with van der Waals surface area (Å²) in [4.78, 5) is 10.4. The number of aliphatic hydroxyl groups is 1. The van der Waals surface area contributed by atoms with Crippen LogP contribution in [0.5, 0.6) is 0 Å². The molecule has 14 heavy (non-hydrogen) atoms. The van der Waals surface area contributed by atoms with Crippen LogP contribution in [0.1, 0.15) is 5.56 Å². The lowest BCUT2D eigenvalue weighted by Crippen LogP contribution is -1.96. The van der Waals surface area contributed by atoms with E-state index in [0.29, 0.717) is 11.1 Å². The molecule has 2 N–H and O–H groups in total. The van der Waals surface area contributed by atoms with Gasteiger partial charge in [0.1, 0.15) is 0 Å². The van der Waals surface area contributed by atoms with Gasteiger partial charge in [0.25, 0.3) is 0 Å². The van der Waals surface area contributed by atoms with Gasteiger partial charge >= 0.3 is 5.97 Å². The Morgan fingerprint density at radius 3 is 2.71 bits per heavy atom. The zero-order valence-corrected chi connectivity index (χ0v) is 8.86. The molecule has 0 radical (unpaired) electrons. The summed E-state index contributed by atoms with van der Waals surface area (Å²) in [5.41, 5.74) is 1.09. The third-order valence-electron chi connectivity index (χ3n) is 1.66. The van der Waals surface area contributed by atoms with Crippen LogP contribution in [0.25, 0.3) is 5.57 Å². The monoisotopic (exact) mass is 256 g/mol. The molecule has 0 aliphatic carbocycles. The van der Waals surface area contributed by atoms with Crippen LogP contribution in [0.3, 0.4) is 0 Å². The van der Waals surface area contributed by atoms with Crippen LogP contribution in [0.15, 0.2) is 34.8 Å². The molecule has 0 saturated carbocycles. The van der Waals surface area contributed by atoms with Crippen molar-refractivity contribution < 1.29 is 15.0 Å². The van der Waals surface area contributed by atoms with Gasteiger partial charge in [0.2, 0.25) is 0 Å². The van der Waals surface area contributed by atoms with E-state index < -0.39 is 5.97 Å². The number of aliphatic hydroxyl groups excluding tert-OH is 1. The third-order valence-corrected chi connectivity index (χ3v) is 2.16. The average Bonchev–Trinajstić information content (AvgIpc) is 2.14. The molecule has 1 rings (SSSR count). The van der Waals surface area contributed by atoms with E-state index in [1.165, 1.54) is 0 Å². The molecule has 74 valence electrons. The van der Waals surface area contributed by atoms with E-state index >= 15 is 0 Å². The first kappa shape index (κ1) is 10.9. The average molecular weight is 257 g/mol. The molecule has 0 spiro atoms. The van der Waals surface area contributed by atoms with Crippen molar-refractivity contribution in [2.75, 3.05) is 6.61 Å². The van der Waals surface area contributed by atoms with Crippen LogP contribution in [0, 0.1) is 0 Å². The lowest BCUT2D eigenvalue weighted by molar-refractivity contribution is -0.131. The second-order valence-electron chi connectivity index (χ2n) is 2.68. The SMILES string of the molecule is O=C(O)/C=C(\CO)c1cccc(Br)c1. The molecule has 0 aliphatic heterocycles. The van der Waals surface area contributed by atoms with Crippen LogP contribution in [0.4, 0.5) is 0 Å². The molecule has 0 aliphatic rings. The first-order valence-corrected chi connectivity index (χ1v) is 4.73. The minimum atomic E-state index is -1.06. The van der Waals surface area contributed by atoms with Gasteiger partial charge in [-0.05, 0) is 23.3 Å². The molecule has 0 aromatic heterocycles. The minimum absolute atomic E-state index is 0.289. The molecule has 0 unspecified atom stereocenters. The molecular weight excluding hydrogens is 248 g/mol. The summed E-state index contributed by atoms with van der Waals surface area (Å²) < 4.78 is 0.847. The summed E-state index contributed by atoms with van der Waals surface area (Å²) in [5.74, 6) is -1.06. The maximum absolute atomic E-state index is 10.4. The van der Waals surface area contributed by atoms with Crippen molar-refractivity contribution in [3.8, 4) is 0 Å². The van der Waals surface area contributed by atoms with Crippen molar-refractivity contribution in [1.29, 1.82) is 0 Å². The van der Waals surface area contributed by atoms with E-state index in [4.69, 9.17) is 10.2 Å². The fourth-order valence-electron chi connectivity index (χ4n) is 1.06. The quantitative estimate of drug-likeness (QED) is 0.813. The minimum Gasteiger partial charge on any atom is -0.478 e. The van der Waals surface area contributed by atoms with Crippen molar-refractivity contribution >= 4 is 27.5 Å². The van der Waals surface area contributed by atoms with Gasteiger partial charge in [-0.25, -0.2) is 4.79 Å². The molecule has 1 aromatic rings. The predicted octanol–water partition coefficient (Wildman–Crippen LogP) is 1.91. The Morgan fingerprint density at radius 1 is 1.50 bits per heavy atom. The number of rotatable bonds is 3. The van der Waals surface area contributed by atoms with E-state index in [1.54, 1.807) is 18.2 Å². The summed E-state index contributed by atoms with van der Waals surface area (Å²) in [6.45, 7) is -0.289. The number of aliphatic carboxylic acids is 1. The van der Waals surface area contributed by atoms with Crippen molar-refractivity contribution in [3.05, 3.63) is 40.4 Å². The standard InChI is InChI=1S/C10H9BrO3/c11-9-3-1-2-7(4-9)8(6-12)5-10(13)14/h1-5,12H,6H2,(H,13,14)/b8-5+. The summed E-state index contributed by atoms with van der Waals surface area (Å²) in [6, 6.07) is 7.12. The Labute approximate surface area is 89.8 Å². The van der Waals surface area contributed by atoms with E-state index in [1.807, 2.05) is 6.07 Å². The maximum Gasteiger partial charge on any atom is 0.328 e. The molecule has 1 aromatic carbocycles. The molecule has 4 heteroatoms. The van der Waals surface area contributed by atoms with Gasteiger partial charge in [-0.2, -0.15) is 0 Å². The second kappa shape index (κ2) is 4.93. The van der Waals surface area contributed by atoms with Gasteiger partial charge in [-0.1, -0.05) is 28.1 Å². The highest BCUT2D eigenvalue weighted by Crippen LogP contribution is 2.18. The van der Waals surface area contributed by atoms with Crippen LogP contribution in [-0.4, -0.2) is 22.8 Å². The summed E-state index contributed by atoms with van der Waals surface area (Å²) in [5, 5.41) is 17.5. The number of halogens is 1.